The first-order chi connectivity index (χ1) is 16.8. The number of hydrogen-bond donors (Lipinski definition) is 3. The van der Waals surface area contributed by atoms with Crippen LogP contribution in [0, 0.1) is 0 Å². The molecule has 4 aromatic rings. The lowest BCUT2D eigenvalue weighted by Gasteiger charge is -2.10. The first-order valence-corrected chi connectivity index (χ1v) is 11.8. The summed E-state index contributed by atoms with van der Waals surface area (Å²) < 4.78 is 0. The molecule has 0 radical (unpaired) electrons. The van der Waals surface area contributed by atoms with Crippen molar-refractivity contribution in [1.82, 2.24) is 9.88 Å². The number of carboxylic acids is 1. The fourth-order valence-electron chi connectivity index (χ4n) is 4.08. The summed E-state index contributed by atoms with van der Waals surface area (Å²) >= 11 is 6.15. The molecular weight excluding hydrogens is 462 g/mol. The van der Waals surface area contributed by atoms with Crippen LogP contribution in [-0.4, -0.2) is 52.4 Å². The van der Waals surface area contributed by atoms with Crippen molar-refractivity contribution in [2.75, 3.05) is 20.6 Å². The van der Waals surface area contributed by atoms with Gasteiger partial charge in [-0.2, -0.15) is 0 Å². The van der Waals surface area contributed by atoms with Gasteiger partial charge in [-0.1, -0.05) is 54.1 Å². The van der Waals surface area contributed by atoms with Gasteiger partial charge >= 0.3 is 5.97 Å². The van der Waals surface area contributed by atoms with Crippen LogP contribution in [0.1, 0.15) is 28.7 Å². The number of carbonyl (C=O) groups is 1. The summed E-state index contributed by atoms with van der Waals surface area (Å²) in [5, 5.41) is 21.3. The Morgan fingerprint density at radius 2 is 1.69 bits per heavy atom. The number of aliphatic imine (C=N–C) groups is 1. The first kappa shape index (κ1) is 24.5. The number of halogens is 1. The number of aromatic nitrogens is 1. The van der Waals surface area contributed by atoms with E-state index in [2.05, 4.69) is 36.1 Å². The average Bonchev–Trinajstić information content (AvgIpc) is 3.13. The van der Waals surface area contributed by atoms with Crippen molar-refractivity contribution < 1.29 is 15.0 Å². The summed E-state index contributed by atoms with van der Waals surface area (Å²) in [6.45, 7) is 1.03. The van der Waals surface area contributed by atoms with Gasteiger partial charge in [-0.05, 0) is 68.9 Å². The Morgan fingerprint density at radius 1 is 1.00 bits per heavy atom. The molecule has 0 aliphatic rings. The summed E-state index contributed by atoms with van der Waals surface area (Å²) in [6, 6.07) is 20.7. The molecular formula is C28H28ClN3O3. The lowest BCUT2D eigenvalue weighted by Crippen LogP contribution is -2.13. The molecule has 1 heterocycles. The van der Waals surface area contributed by atoms with Crippen LogP contribution in [0.15, 0.2) is 71.7 Å². The quantitative estimate of drug-likeness (QED) is 0.258. The van der Waals surface area contributed by atoms with Gasteiger partial charge in [-0.15, -0.1) is 0 Å². The molecule has 0 fully saturated rings. The van der Waals surface area contributed by atoms with E-state index in [0.717, 1.165) is 36.0 Å². The zero-order valence-corrected chi connectivity index (χ0v) is 20.5. The van der Waals surface area contributed by atoms with Gasteiger partial charge in [0, 0.05) is 16.0 Å². The van der Waals surface area contributed by atoms with E-state index in [0.29, 0.717) is 27.4 Å². The van der Waals surface area contributed by atoms with E-state index in [1.165, 1.54) is 5.56 Å². The number of aryl methyl sites for hydroxylation is 1. The first-order valence-electron chi connectivity index (χ1n) is 11.4. The van der Waals surface area contributed by atoms with Gasteiger partial charge in [0.25, 0.3) is 0 Å². The number of fused-ring (bicyclic) bond motifs is 1. The van der Waals surface area contributed by atoms with Crippen LogP contribution < -0.4 is 0 Å². The summed E-state index contributed by atoms with van der Waals surface area (Å²) in [4.78, 5) is 21.2. The van der Waals surface area contributed by atoms with Gasteiger partial charge in [0.15, 0.2) is 5.88 Å². The fourth-order valence-corrected chi connectivity index (χ4v) is 4.25. The molecule has 0 atom stereocenters. The number of nitrogens with zero attached hydrogens (tertiary/aromatic N) is 2. The highest BCUT2D eigenvalue weighted by Crippen LogP contribution is 2.33. The predicted octanol–water partition coefficient (Wildman–Crippen LogP) is 5.82. The minimum Gasteiger partial charge on any atom is -0.494 e. The second-order valence-electron chi connectivity index (χ2n) is 8.84. The maximum Gasteiger partial charge on any atom is 0.307 e. The SMILES string of the molecule is CN(C)CCCc1ccc(N=C(c2ccc(CC(=O)O)cc2)c2c(O)[nH]c3cc(Cl)ccc23)cc1. The standard InChI is InChI=1S/C28H28ClN3O3/c1-32(2)15-3-4-18-7-12-22(13-8-18)30-27(20-9-5-19(6-10-20)16-25(33)34)26-23-14-11-21(29)17-24(23)31-28(26)35/h5-14,17,31,35H,3-4,15-16H2,1-2H3,(H,33,34). The average molecular weight is 490 g/mol. The molecule has 35 heavy (non-hydrogen) atoms. The van der Waals surface area contributed by atoms with Crippen molar-refractivity contribution in [3.05, 3.63) is 94.0 Å². The Labute approximate surface area is 209 Å². The van der Waals surface area contributed by atoms with Crippen molar-refractivity contribution >= 4 is 39.9 Å². The summed E-state index contributed by atoms with van der Waals surface area (Å²) in [7, 11) is 4.14. The molecule has 0 bridgehead atoms. The molecule has 0 amide bonds. The van der Waals surface area contributed by atoms with Gasteiger partial charge in [0.05, 0.1) is 28.9 Å². The summed E-state index contributed by atoms with van der Waals surface area (Å²) in [6.07, 6.45) is 2.01. The van der Waals surface area contributed by atoms with Crippen molar-refractivity contribution in [3.8, 4) is 5.88 Å². The molecule has 0 spiro atoms. The number of hydrogen-bond acceptors (Lipinski definition) is 4. The highest BCUT2D eigenvalue weighted by atomic mass is 35.5. The second-order valence-corrected chi connectivity index (χ2v) is 9.28. The van der Waals surface area contributed by atoms with Crippen LogP contribution in [-0.2, 0) is 17.6 Å². The van der Waals surface area contributed by atoms with Crippen LogP contribution in [0.5, 0.6) is 5.88 Å². The normalized spacial score (nSPS) is 11.9. The molecule has 1 aromatic heterocycles. The highest BCUT2D eigenvalue weighted by Gasteiger charge is 2.19. The molecule has 0 aliphatic carbocycles. The van der Waals surface area contributed by atoms with Gasteiger partial charge in [0.1, 0.15) is 0 Å². The molecule has 4 rings (SSSR count). The predicted molar refractivity (Wildman–Crippen MR) is 141 cm³/mol. The fraction of sp³-hybridized carbons (Fsp3) is 0.214. The third-order valence-electron chi connectivity index (χ3n) is 5.81. The Bertz CT molecular complexity index is 1360. The van der Waals surface area contributed by atoms with E-state index < -0.39 is 5.97 Å². The molecule has 0 unspecified atom stereocenters. The van der Waals surface area contributed by atoms with Crippen molar-refractivity contribution in [2.45, 2.75) is 19.3 Å². The van der Waals surface area contributed by atoms with Gasteiger partial charge < -0.3 is 20.1 Å². The zero-order valence-electron chi connectivity index (χ0n) is 19.8. The zero-order chi connectivity index (χ0) is 24.9. The number of carboxylic acid groups (broad SMARTS) is 1. The van der Waals surface area contributed by atoms with Crippen LogP contribution in [0.3, 0.4) is 0 Å². The van der Waals surface area contributed by atoms with Gasteiger partial charge in [-0.3, -0.25) is 4.79 Å². The third-order valence-corrected chi connectivity index (χ3v) is 6.04. The lowest BCUT2D eigenvalue weighted by molar-refractivity contribution is -0.136. The van der Waals surface area contributed by atoms with Crippen LogP contribution >= 0.6 is 11.6 Å². The van der Waals surface area contributed by atoms with Gasteiger partial charge in [-0.25, -0.2) is 4.99 Å². The summed E-state index contributed by atoms with van der Waals surface area (Å²) in [5.41, 5.74) is 5.31. The largest absolute Gasteiger partial charge is 0.494 e. The van der Waals surface area contributed by atoms with Crippen molar-refractivity contribution in [2.24, 2.45) is 4.99 Å². The molecule has 6 nitrogen and oxygen atoms in total. The molecule has 3 aromatic carbocycles. The Balaban J connectivity index is 1.75. The lowest BCUT2D eigenvalue weighted by atomic mass is 9.99. The van der Waals surface area contributed by atoms with Crippen LogP contribution in [0.2, 0.25) is 5.02 Å². The smallest absolute Gasteiger partial charge is 0.307 e. The summed E-state index contributed by atoms with van der Waals surface area (Å²) in [5.74, 6) is -0.889. The van der Waals surface area contributed by atoms with E-state index in [1.807, 2.05) is 30.3 Å². The number of H-pyrrole nitrogens is 1. The van der Waals surface area contributed by atoms with E-state index in [-0.39, 0.29) is 12.3 Å². The third kappa shape index (κ3) is 6.10. The minimum atomic E-state index is -0.886. The van der Waals surface area contributed by atoms with E-state index in [4.69, 9.17) is 21.7 Å². The number of rotatable bonds is 9. The van der Waals surface area contributed by atoms with E-state index >= 15 is 0 Å². The Hall–Kier alpha value is -3.61. The number of aliphatic carboxylic acids is 1. The van der Waals surface area contributed by atoms with E-state index in [1.54, 1.807) is 24.3 Å². The molecule has 0 saturated heterocycles. The maximum atomic E-state index is 11.1. The second kappa shape index (κ2) is 10.8. The number of aromatic hydroxyl groups is 1. The van der Waals surface area contributed by atoms with Crippen LogP contribution in [0.4, 0.5) is 5.69 Å². The molecule has 3 N–H and O–H groups in total. The van der Waals surface area contributed by atoms with Gasteiger partial charge in [0.2, 0.25) is 0 Å². The molecule has 0 saturated carbocycles. The van der Waals surface area contributed by atoms with Crippen molar-refractivity contribution in [1.29, 1.82) is 0 Å². The van der Waals surface area contributed by atoms with Crippen molar-refractivity contribution in [3.63, 3.8) is 0 Å². The minimum absolute atomic E-state index is 0.00376. The molecule has 7 heteroatoms. The topological polar surface area (TPSA) is 88.9 Å². The Kier molecular flexibility index (Phi) is 7.54. The molecule has 0 aliphatic heterocycles. The monoisotopic (exact) mass is 489 g/mol. The molecule has 180 valence electrons. The maximum absolute atomic E-state index is 11.1. The number of nitrogens with one attached hydrogen (secondary N) is 1. The Morgan fingerprint density at radius 3 is 2.34 bits per heavy atom. The number of benzene rings is 3. The van der Waals surface area contributed by atoms with E-state index in [9.17, 15) is 9.90 Å². The highest BCUT2D eigenvalue weighted by molar-refractivity contribution is 6.31. The van der Waals surface area contributed by atoms with Crippen LogP contribution in [0.25, 0.3) is 10.9 Å². The number of aromatic amines is 1.